The number of β-lactam (4-membered cyclic amide) rings is 1. The molecule has 32 heavy (non-hydrogen) atoms. The fraction of sp³-hybridized carbons (Fsp3) is 0.571. The molecule has 0 aliphatic carbocycles. The third kappa shape index (κ3) is 4.80. The van der Waals surface area contributed by atoms with Gasteiger partial charge in [0.2, 0.25) is 11.1 Å². The second-order valence-electron chi connectivity index (χ2n) is 6.39. The van der Waals surface area contributed by atoms with Crippen LogP contribution in [0.1, 0.15) is 0 Å². The summed E-state index contributed by atoms with van der Waals surface area (Å²) in [5.41, 5.74) is 0.134. The number of hydrogen-bond donors (Lipinski definition) is 2. The first-order valence-corrected chi connectivity index (χ1v) is 11.5. The average Bonchev–Trinajstić information content (AvgIpc) is 3.11. The maximum absolute atomic E-state index is 12.9. The van der Waals surface area contributed by atoms with Crippen molar-refractivity contribution in [3.8, 4) is 0 Å². The van der Waals surface area contributed by atoms with Crippen molar-refractivity contribution in [2.24, 2.45) is 7.05 Å². The van der Waals surface area contributed by atoms with Gasteiger partial charge in [-0.15, -0.1) is 16.9 Å². The van der Waals surface area contributed by atoms with Crippen LogP contribution in [0.15, 0.2) is 16.4 Å². The Morgan fingerprint density at radius 3 is 2.56 bits per heavy atom. The van der Waals surface area contributed by atoms with E-state index in [0.29, 0.717) is 10.7 Å². The third-order valence-corrected chi connectivity index (χ3v) is 7.67. The number of thioether (sulfide) groups is 3. The predicted molar refractivity (Wildman–Crippen MR) is 103 cm³/mol. The van der Waals surface area contributed by atoms with Gasteiger partial charge >= 0.3 is 17.4 Å². The number of aromatic nitrogens is 4. The van der Waals surface area contributed by atoms with E-state index in [9.17, 15) is 41.4 Å². The van der Waals surface area contributed by atoms with Gasteiger partial charge in [0.1, 0.15) is 17.1 Å². The van der Waals surface area contributed by atoms with Gasteiger partial charge < -0.3 is 10.4 Å². The number of nitrogens with one attached hydrogen (secondary N) is 1. The molecule has 10 nitrogen and oxygen atoms in total. The Bertz CT molecular complexity index is 971. The highest BCUT2D eigenvalue weighted by atomic mass is 32.2. The van der Waals surface area contributed by atoms with Crippen molar-refractivity contribution >= 4 is 53.1 Å². The molecule has 2 N–H and O–H groups in total. The third-order valence-electron chi connectivity index (χ3n) is 4.24. The molecule has 0 aromatic carbocycles. The lowest BCUT2D eigenvalue weighted by Crippen LogP contribution is -2.70. The Morgan fingerprint density at radius 1 is 1.31 bits per heavy atom. The largest absolute Gasteiger partial charge is 0.477 e. The van der Waals surface area contributed by atoms with E-state index in [1.54, 1.807) is 7.05 Å². The number of fused-ring (bicyclic) bond motifs is 1. The van der Waals surface area contributed by atoms with Crippen molar-refractivity contribution in [2.45, 2.75) is 28.0 Å². The first-order valence-electron chi connectivity index (χ1n) is 8.46. The number of rotatable bonds is 8. The van der Waals surface area contributed by atoms with Crippen LogP contribution in [0, 0.1) is 0 Å². The predicted octanol–water partition coefficient (Wildman–Crippen LogP) is 0.929. The first-order chi connectivity index (χ1) is 14.8. The van der Waals surface area contributed by atoms with Crippen LogP contribution < -0.4 is 5.32 Å². The van der Waals surface area contributed by atoms with Crippen molar-refractivity contribution in [3.63, 3.8) is 0 Å². The summed E-state index contributed by atoms with van der Waals surface area (Å²) in [7, 11) is 1.59. The summed E-state index contributed by atoms with van der Waals surface area (Å²) in [6.45, 7) is 0. The number of amides is 2. The molecule has 2 atom stereocenters. The van der Waals surface area contributed by atoms with Crippen molar-refractivity contribution in [1.82, 2.24) is 30.4 Å². The normalized spacial score (nSPS) is 21.3. The molecule has 0 saturated carbocycles. The van der Waals surface area contributed by atoms with Crippen LogP contribution in [0.25, 0.3) is 0 Å². The van der Waals surface area contributed by atoms with Gasteiger partial charge in [-0.3, -0.25) is 14.5 Å². The van der Waals surface area contributed by atoms with Crippen LogP contribution in [0.3, 0.4) is 0 Å². The van der Waals surface area contributed by atoms with Gasteiger partial charge in [-0.2, -0.15) is 22.0 Å². The summed E-state index contributed by atoms with van der Waals surface area (Å²) < 4.78 is 63.9. The Labute approximate surface area is 188 Å². The highest BCUT2D eigenvalue weighted by Crippen LogP contribution is 2.44. The van der Waals surface area contributed by atoms with Gasteiger partial charge in [0.15, 0.2) is 0 Å². The Hall–Kier alpha value is -2.08. The highest BCUT2D eigenvalue weighted by Gasteiger charge is 2.59. The molecule has 0 bridgehead atoms. The minimum Gasteiger partial charge on any atom is -0.477 e. The van der Waals surface area contributed by atoms with Gasteiger partial charge in [-0.25, -0.2) is 9.48 Å². The molecule has 2 amide bonds. The molecule has 0 radical (unpaired) electrons. The minimum absolute atomic E-state index is 0.166. The Kier molecular flexibility index (Phi) is 6.94. The number of carboxylic acid groups (broad SMARTS) is 1. The lowest BCUT2D eigenvalue weighted by Gasteiger charge is -2.49. The lowest BCUT2D eigenvalue weighted by atomic mass is 10.0. The highest BCUT2D eigenvalue weighted by molar-refractivity contribution is 8.01. The molecule has 1 unspecified atom stereocenters. The molecule has 1 saturated heterocycles. The van der Waals surface area contributed by atoms with E-state index < -0.39 is 58.1 Å². The van der Waals surface area contributed by atoms with Crippen LogP contribution in [0.4, 0.5) is 22.0 Å². The molecule has 176 valence electrons. The number of carbonyl (C=O) groups is 3. The van der Waals surface area contributed by atoms with Crippen molar-refractivity contribution in [3.05, 3.63) is 11.3 Å². The van der Waals surface area contributed by atoms with Gasteiger partial charge in [0.05, 0.1) is 5.75 Å². The van der Waals surface area contributed by atoms with Crippen LogP contribution in [-0.4, -0.2) is 88.1 Å². The van der Waals surface area contributed by atoms with Crippen LogP contribution in [0.5, 0.6) is 0 Å². The Balaban J connectivity index is 1.64. The van der Waals surface area contributed by atoms with E-state index in [2.05, 4.69) is 20.8 Å². The summed E-state index contributed by atoms with van der Waals surface area (Å²) in [6.07, 6.45) is -5.82. The molecule has 2 aliphatic rings. The summed E-state index contributed by atoms with van der Waals surface area (Å²) in [4.78, 5) is 37.0. The van der Waals surface area contributed by atoms with Crippen LogP contribution in [0.2, 0.25) is 0 Å². The van der Waals surface area contributed by atoms with E-state index in [1.807, 2.05) is 0 Å². The number of carboxylic acids is 1. The number of carbonyl (C=O) groups excluding carboxylic acids is 2. The topological polar surface area (TPSA) is 130 Å². The first kappa shape index (κ1) is 24.6. The second kappa shape index (κ2) is 9.05. The van der Waals surface area contributed by atoms with E-state index in [4.69, 9.17) is 0 Å². The molecule has 3 heterocycles. The number of hydrogen-bond acceptors (Lipinski definition) is 9. The summed E-state index contributed by atoms with van der Waals surface area (Å²) in [6, 6.07) is -1.24. The van der Waals surface area contributed by atoms with Crippen molar-refractivity contribution in [2.75, 3.05) is 17.3 Å². The lowest BCUT2D eigenvalue weighted by molar-refractivity contribution is -0.237. The van der Waals surface area contributed by atoms with E-state index in [-0.39, 0.29) is 17.2 Å². The molecule has 1 fully saturated rings. The van der Waals surface area contributed by atoms with Crippen LogP contribution >= 0.6 is 35.3 Å². The standard InChI is InChI=1S/C14H13F5N6O4S3/c1-24-12(21-22-23-24)31-3-5-2-30-10-7(9(27)25(10)8(5)11(28)29)20-6(26)4-32-14(18,19)13(15,16)17/h7,10H,2-4H2,1H3,(H,20,26)(H,28,29)/t7?,10-/m0/s1. The second-order valence-corrected chi connectivity index (χ2v) is 9.53. The fourth-order valence-corrected chi connectivity index (χ4v) is 5.64. The number of halogens is 5. The average molecular weight is 520 g/mol. The molecule has 18 heteroatoms. The molecule has 3 rings (SSSR count). The zero-order valence-corrected chi connectivity index (χ0v) is 18.2. The maximum atomic E-state index is 12.9. The van der Waals surface area contributed by atoms with Crippen molar-refractivity contribution in [1.29, 1.82) is 0 Å². The number of nitrogens with zero attached hydrogens (tertiary/aromatic N) is 5. The SMILES string of the molecule is Cn1nnnc1SCC1=C(C(=O)O)N2C(=O)C(NC(=O)CSC(F)(F)C(F)(F)F)[C@@H]2SC1. The number of aryl methyl sites for hydroxylation is 1. The van der Waals surface area contributed by atoms with Crippen LogP contribution in [-0.2, 0) is 21.4 Å². The van der Waals surface area contributed by atoms with Gasteiger partial charge in [-0.1, -0.05) is 23.5 Å². The zero-order chi connectivity index (χ0) is 23.8. The monoisotopic (exact) mass is 520 g/mol. The zero-order valence-electron chi connectivity index (χ0n) is 15.8. The summed E-state index contributed by atoms with van der Waals surface area (Å²) in [5, 5.41) is 17.0. The number of tetrazole rings is 1. The quantitative estimate of drug-likeness (QED) is 0.290. The molecule has 1 aromatic heterocycles. The molecular weight excluding hydrogens is 507 g/mol. The Morgan fingerprint density at radius 2 is 2.00 bits per heavy atom. The fourth-order valence-electron chi connectivity index (χ4n) is 2.74. The van der Waals surface area contributed by atoms with E-state index in [0.717, 1.165) is 28.4 Å². The summed E-state index contributed by atoms with van der Waals surface area (Å²) >= 11 is 1.37. The molecule has 0 spiro atoms. The number of aliphatic carboxylic acids is 1. The maximum Gasteiger partial charge on any atom is 0.464 e. The molecular formula is C14H13F5N6O4S3. The van der Waals surface area contributed by atoms with Crippen molar-refractivity contribution < 1.29 is 41.4 Å². The molecule has 2 aliphatic heterocycles. The smallest absolute Gasteiger partial charge is 0.464 e. The molecule has 1 aromatic rings. The number of alkyl halides is 5. The summed E-state index contributed by atoms with van der Waals surface area (Å²) in [5.74, 6) is -4.26. The van der Waals surface area contributed by atoms with Gasteiger partial charge in [0.25, 0.3) is 5.91 Å². The minimum atomic E-state index is -5.82. The van der Waals surface area contributed by atoms with Gasteiger partial charge in [0, 0.05) is 18.6 Å². The van der Waals surface area contributed by atoms with E-state index >= 15 is 0 Å². The van der Waals surface area contributed by atoms with Gasteiger partial charge in [-0.05, 0) is 16.0 Å². The van der Waals surface area contributed by atoms with E-state index in [1.165, 1.54) is 4.68 Å².